The number of imidazole rings is 1. The maximum atomic E-state index is 12.2. The standard InChI is InChI=1S/C12H11Cl3N4O/c1-2-7(11-16-3-4-17-11)19-12(20)10-9(15)8(14)6(13)5-18-10/h3-5,7H,2H2,1H3,(H,16,17)(H,19,20). The van der Waals surface area contributed by atoms with E-state index in [9.17, 15) is 4.79 Å². The highest BCUT2D eigenvalue weighted by Crippen LogP contribution is 2.31. The van der Waals surface area contributed by atoms with Crippen LogP contribution in [-0.2, 0) is 0 Å². The molecule has 1 unspecified atom stereocenters. The number of aromatic nitrogens is 3. The van der Waals surface area contributed by atoms with E-state index in [-0.39, 0.29) is 26.8 Å². The number of nitrogens with one attached hydrogen (secondary N) is 2. The van der Waals surface area contributed by atoms with Crippen molar-refractivity contribution in [3.05, 3.63) is 45.2 Å². The molecular formula is C12H11Cl3N4O. The van der Waals surface area contributed by atoms with Crippen LogP contribution in [0.25, 0.3) is 0 Å². The monoisotopic (exact) mass is 332 g/mol. The first kappa shape index (κ1) is 15.1. The molecule has 0 bridgehead atoms. The van der Waals surface area contributed by atoms with Gasteiger partial charge >= 0.3 is 0 Å². The number of halogens is 3. The summed E-state index contributed by atoms with van der Waals surface area (Å²) >= 11 is 17.7. The lowest BCUT2D eigenvalue weighted by atomic mass is 10.2. The number of nitrogens with zero attached hydrogens (tertiary/aromatic N) is 2. The zero-order chi connectivity index (χ0) is 14.7. The Morgan fingerprint density at radius 3 is 2.70 bits per heavy atom. The Balaban J connectivity index is 2.22. The maximum absolute atomic E-state index is 12.2. The van der Waals surface area contributed by atoms with Crippen LogP contribution in [0, 0.1) is 0 Å². The molecule has 2 N–H and O–H groups in total. The Hall–Kier alpha value is -1.30. The lowest BCUT2D eigenvalue weighted by Gasteiger charge is -2.15. The normalized spacial score (nSPS) is 12.2. The molecule has 2 rings (SSSR count). The van der Waals surface area contributed by atoms with Crippen molar-refractivity contribution >= 4 is 40.7 Å². The van der Waals surface area contributed by atoms with E-state index in [1.54, 1.807) is 12.4 Å². The number of aromatic amines is 1. The van der Waals surface area contributed by atoms with E-state index in [4.69, 9.17) is 34.8 Å². The molecule has 0 radical (unpaired) electrons. The van der Waals surface area contributed by atoms with Gasteiger partial charge in [-0.05, 0) is 6.42 Å². The first-order valence-electron chi connectivity index (χ1n) is 5.84. The third-order valence-electron chi connectivity index (χ3n) is 2.70. The van der Waals surface area contributed by atoms with Gasteiger partial charge in [0.1, 0.15) is 11.5 Å². The quantitative estimate of drug-likeness (QED) is 0.897. The Labute approximate surface area is 130 Å². The van der Waals surface area contributed by atoms with Gasteiger partial charge in [-0.15, -0.1) is 0 Å². The highest BCUT2D eigenvalue weighted by molar-refractivity contribution is 6.48. The van der Waals surface area contributed by atoms with Crippen molar-refractivity contribution in [2.24, 2.45) is 0 Å². The van der Waals surface area contributed by atoms with Gasteiger partial charge in [0.25, 0.3) is 5.91 Å². The van der Waals surface area contributed by atoms with E-state index in [0.29, 0.717) is 12.2 Å². The van der Waals surface area contributed by atoms with Crippen LogP contribution in [0.1, 0.15) is 35.7 Å². The second-order valence-electron chi connectivity index (χ2n) is 3.99. The zero-order valence-electron chi connectivity index (χ0n) is 10.5. The lowest BCUT2D eigenvalue weighted by Crippen LogP contribution is -2.29. The number of pyridine rings is 1. The topological polar surface area (TPSA) is 70.7 Å². The van der Waals surface area contributed by atoms with Gasteiger partial charge in [-0.25, -0.2) is 9.97 Å². The Morgan fingerprint density at radius 2 is 2.10 bits per heavy atom. The molecule has 2 aromatic heterocycles. The van der Waals surface area contributed by atoms with Crippen molar-refractivity contribution in [2.75, 3.05) is 0 Å². The SMILES string of the molecule is CCC(NC(=O)c1ncc(Cl)c(Cl)c1Cl)c1ncc[nH]1. The molecule has 0 saturated heterocycles. The largest absolute Gasteiger partial charge is 0.347 e. The number of H-pyrrole nitrogens is 1. The van der Waals surface area contributed by atoms with Gasteiger partial charge in [-0.1, -0.05) is 41.7 Å². The minimum Gasteiger partial charge on any atom is -0.347 e. The second kappa shape index (κ2) is 6.43. The van der Waals surface area contributed by atoms with Crippen molar-refractivity contribution in [2.45, 2.75) is 19.4 Å². The van der Waals surface area contributed by atoms with Crippen LogP contribution >= 0.6 is 34.8 Å². The first-order chi connectivity index (χ1) is 9.54. The molecule has 2 heterocycles. The van der Waals surface area contributed by atoms with E-state index in [0.717, 1.165) is 0 Å². The van der Waals surface area contributed by atoms with E-state index in [1.165, 1.54) is 6.20 Å². The Kier molecular flexibility index (Phi) is 4.86. The van der Waals surface area contributed by atoms with Gasteiger partial charge in [-0.3, -0.25) is 4.79 Å². The minimum absolute atomic E-state index is 0.0333. The fourth-order valence-electron chi connectivity index (χ4n) is 1.66. The molecule has 1 amide bonds. The molecule has 0 aromatic carbocycles. The number of carbonyl (C=O) groups excluding carboxylic acids is 1. The van der Waals surface area contributed by atoms with Crippen LogP contribution in [0.3, 0.4) is 0 Å². The molecule has 0 aliphatic heterocycles. The summed E-state index contributed by atoms with van der Waals surface area (Å²) in [6.45, 7) is 1.93. The van der Waals surface area contributed by atoms with Crippen molar-refractivity contribution in [3.63, 3.8) is 0 Å². The number of hydrogen-bond acceptors (Lipinski definition) is 3. The Bertz CT molecular complexity index is 615. The van der Waals surface area contributed by atoms with Crippen LogP contribution in [0.2, 0.25) is 15.1 Å². The summed E-state index contributed by atoms with van der Waals surface area (Å²) in [7, 11) is 0. The summed E-state index contributed by atoms with van der Waals surface area (Å²) in [5, 5.41) is 3.14. The van der Waals surface area contributed by atoms with Gasteiger partial charge in [-0.2, -0.15) is 0 Å². The molecule has 0 saturated carbocycles. The smallest absolute Gasteiger partial charge is 0.272 e. The molecule has 20 heavy (non-hydrogen) atoms. The van der Waals surface area contributed by atoms with Crippen molar-refractivity contribution < 1.29 is 4.79 Å². The van der Waals surface area contributed by atoms with Crippen molar-refractivity contribution in [1.82, 2.24) is 20.3 Å². The summed E-state index contributed by atoms with van der Waals surface area (Å²) in [5.41, 5.74) is 0.0334. The summed E-state index contributed by atoms with van der Waals surface area (Å²) < 4.78 is 0. The third kappa shape index (κ3) is 3.06. The zero-order valence-corrected chi connectivity index (χ0v) is 12.7. The van der Waals surface area contributed by atoms with Gasteiger partial charge in [0.05, 0.1) is 21.1 Å². The average Bonchev–Trinajstić information content (AvgIpc) is 2.96. The predicted molar refractivity (Wildman–Crippen MR) is 78.4 cm³/mol. The van der Waals surface area contributed by atoms with Crippen LogP contribution in [0.4, 0.5) is 0 Å². The van der Waals surface area contributed by atoms with Gasteiger partial charge in [0.2, 0.25) is 0 Å². The highest BCUT2D eigenvalue weighted by Gasteiger charge is 2.21. The van der Waals surface area contributed by atoms with E-state index < -0.39 is 5.91 Å². The lowest BCUT2D eigenvalue weighted by molar-refractivity contribution is 0.0929. The van der Waals surface area contributed by atoms with E-state index >= 15 is 0 Å². The summed E-state index contributed by atoms with van der Waals surface area (Å²) in [6, 6.07) is -0.259. The molecule has 8 heteroatoms. The molecule has 0 aliphatic rings. The number of carbonyl (C=O) groups is 1. The second-order valence-corrected chi connectivity index (χ2v) is 5.15. The third-order valence-corrected chi connectivity index (χ3v) is 3.94. The molecule has 1 atom stereocenters. The van der Waals surface area contributed by atoms with Crippen LogP contribution in [-0.4, -0.2) is 20.9 Å². The van der Waals surface area contributed by atoms with Crippen molar-refractivity contribution in [1.29, 1.82) is 0 Å². The predicted octanol–water partition coefficient (Wildman–Crippen LogP) is 3.65. The molecule has 0 aliphatic carbocycles. The summed E-state index contributed by atoms with van der Waals surface area (Å²) in [5.74, 6) is 0.230. The number of amides is 1. The Morgan fingerprint density at radius 1 is 1.35 bits per heavy atom. The van der Waals surface area contributed by atoms with Gasteiger partial charge in [0.15, 0.2) is 0 Å². The van der Waals surface area contributed by atoms with Crippen molar-refractivity contribution in [3.8, 4) is 0 Å². The van der Waals surface area contributed by atoms with Crippen LogP contribution in [0.5, 0.6) is 0 Å². The maximum Gasteiger partial charge on any atom is 0.272 e. The van der Waals surface area contributed by atoms with E-state index in [1.807, 2.05) is 6.92 Å². The average molecular weight is 334 g/mol. The summed E-state index contributed by atoms with van der Waals surface area (Å²) in [4.78, 5) is 23.2. The molecule has 0 spiro atoms. The van der Waals surface area contributed by atoms with Crippen LogP contribution in [0.15, 0.2) is 18.6 Å². The molecular weight excluding hydrogens is 323 g/mol. The van der Waals surface area contributed by atoms with Gasteiger partial charge in [0, 0.05) is 18.6 Å². The first-order valence-corrected chi connectivity index (χ1v) is 6.97. The molecule has 5 nitrogen and oxygen atoms in total. The number of hydrogen-bond donors (Lipinski definition) is 2. The summed E-state index contributed by atoms with van der Waals surface area (Å²) in [6.07, 6.45) is 5.26. The number of rotatable bonds is 4. The molecule has 2 aromatic rings. The van der Waals surface area contributed by atoms with Gasteiger partial charge < -0.3 is 10.3 Å². The van der Waals surface area contributed by atoms with Crippen LogP contribution < -0.4 is 5.32 Å². The van der Waals surface area contributed by atoms with E-state index in [2.05, 4.69) is 20.3 Å². The highest BCUT2D eigenvalue weighted by atomic mass is 35.5. The fraction of sp³-hybridized carbons (Fsp3) is 0.250. The fourth-order valence-corrected chi connectivity index (χ4v) is 2.23. The molecule has 0 fully saturated rings. The minimum atomic E-state index is -0.434. The molecule has 106 valence electrons.